The third kappa shape index (κ3) is 4.00. The summed E-state index contributed by atoms with van der Waals surface area (Å²) in [7, 11) is 0. The Kier molecular flexibility index (Phi) is 3.62. The Morgan fingerprint density at radius 2 is 2.15 bits per heavy atom. The second-order valence-corrected chi connectivity index (χ2v) is 4.09. The molecule has 1 aliphatic heterocycles. The molecular weight excluding hydrogens is 174 g/mol. The lowest BCUT2D eigenvalue weighted by Gasteiger charge is -2.33. The Hall–Kier alpha value is -0.220. The Balaban J connectivity index is 2.26. The Morgan fingerprint density at radius 1 is 1.46 bits per heavy atom. The van der Waals surface area contributed by atoms with Crippen LogP contribution in [0.3, 0.4) is 0 Å². The van der Waals surface area contributed by atoms with Crippen molar-refractivity contribution in [1.29, 1.82) is 0 Å². The van der Waals surface area contributed by atoms with Crippen LogP contribution < -0.4 is 5.32 Å². The summed E-state index contributed by atoms with van der Waals surface area (Å²) in [6, 6.07) is -2.69. The summed E-state index contributed by atoms with van der Waals surface area (Å²) in [6.45, 7) is 6.00. The van der Waals surface area contributed by atoms with Gasteiger partial charge in [-0.15, -0.1) is 0 Å². The highest BCUT2D eigenvalue weighted by molar-refractivity contribution is 4.77. The molecule has 0 amide bonds. The van der Waals surface area contributed by atoms with E-state index in [1.165, 1.54) is 0 Å². The van der Waals surface area contributed by atoms with E-state index in [2.05, 4.69) is 19.2 Å². The van der Waals surface area contributed by atoms with Crippen LogP contribution in [-0.2, 0) is 0 Å². The molecule has 0 aromatic heterocycles. The van der Waals surface area contributed by atoms with Gasteiger partial charge in [0.2, 0.25) is 0 Å². The number of halogens is 2. The summed E-state index contributed by atoms with van der Waals surface area (Å²) in [6.07, 6.45) is 0.996. The quantitative estimate of drug-likeness (QED) is 0.682. The minimum atomic E-state index is -2.69. The molecule has 1 rings (SSSR count). The molecule has 0 aromatic carbocycles. The Bertz CT molecular complexity index is 160. The molecule has 13 heavy (non-hydrogen) atoms. The molecule has 2 nitrogen and oxygen atoms in total. The van der Waals surface area contributed by atoms with Gasteiger partial charge in [0, 0.05) is 13.1 Å². The highest BCUT2D eigenvalue weighted by Gasteiger charge is 2.34. The standard InChI is InChI=1S/C9H18F2N2/c1-8(2)3-5-13-6-4-12-9(10,11)7-13/h8,12H,3-7H2,1-2H3. The molecule has 1 saturated heterocycles. The average Bonchev–Trinajstić information content (AvgIpc) is 1.99. The maximum absolute atomic E-state index is 12.8. The fraction of sp³-hybridized carbons (Fsp3) is 1.00. The van der Waals surface area contributed by atoms with Crippen LogP contribution in [0.4, 0.5) is 8.78 Å². The first-order valence-electron chi connectivity index (χ1n) is 4.85. The molecule has 0 aliphatic carbocycles. The lowest BCUT2D eigenvalue weighted by molar-refractivity contribution is -0.0842. The molecule has 4 heteroatoms. The monoisotopic (exact) mass is 192 g/mol. The number of nitrogens with one attached hydrogen (secondary N) is 1. The first kappa shape index (κ1) is 10.9. The smallest absolute Gasteiger partial charge is 0.295 e. The van der Waals surface area contributed by atoms with Gasteiger partial charge in [-0.25, -0.2) is 0 Å². The van der Waals surface area contributed by atoms with E-state index in [4.69, 9.17) is 0 Å². The lowest BCUT2D eigenvalue weighted by Crippen LogP contribution is -2.55. The van der Waals surface area contributed by atoms with E-state index in [0.29, 0.717) is 12.5 Å². The van der Waals surface area contributed by atoms with Crippen molar-refractivity contribution in [3.8, 4) is 0 Å². The molecule has 1 aliphatic rings. The van der Waals surface area contributed by atoms with Gasteiger partial charge in [-0.3, -0.25) is 10.2 Å². The van der Waals surface area contributed by atoms with E-state index in [1.54, 1.807) is 0 Å². The first-order chi connectivity index (χ1) is 5.99. The third-order valence-corrected chi connectivity index (χ3v) is 2.26. The zero-order chi connectivity index (χ0) is 9.90. The van der Waals surface area contributed by atoms with Gasteiger partial charge < -0.3 is 0 Å². The maximum Gasteiger partial charge on any atom is 0.315 e. The van der Waals surface area contributed by atoms with Crippen molar-refractivity contribution in [2.75, 3.05) is 26.2 Å². The van der Waals surface area contributed by atoms with Crippen molar-refractivity contribution in [2.45, 2.75) is 26.3 Å². The lowest BCUT2D eigenvalue weighted by atomic mass is 10.1. The van der Waals surface area contributed by atoms with Crippen molar-refractivity contribution in [2.24, 2.45) is 5.92 Å². The van der Waals surface area contributed by atoms with Gasteiger partial charge in [-0.1, -0.05) is 13.8 Å². The highest BCUT2D eigenvalue weighted by atomic mass is 19.3. The van der Waals surface area contributed by atoms with E-state index in [0.717, 1.165) is 19.5 Å². The van der Waals surface area contributed by atoms with Crippen LogP contribution >= 0.6 is 0 Å². The van der Waals surface area contributed by atoms with Crippen molar-refractivity contribution in [3.63, 3.8) is 0 Å². The fourth-order valence-electron chi connectivity index (χ4n) is 1.44. The summed E-state index contributed by atoms with van der Waals surface area (Å²) in [4.78, 5) is 1.83. The van der Waals surface area contributed by atoms with E-state index in [1.807, 2.05) is 4.90 Å². The molecule has 1 heterocycles. The molecule has 0 aromatic rings. The summed E-state index contributed by atoms with van der Waals surface area (Å²) in [5.74, 6) is 0.587. The van der Waals surface area contributed by atoms with Crippen molar-refractivity contribution in [1.82, 2.24) is 10.2 Å². The molecule has 0 saturated carbocycles. The van der Waals surface area contributed by atoms with Gasteiger partial charge in [-0.2, -0.15) is 8.78 Å². The van der Waals surface area contributed by atoms with E-state index in [-0.39, 0.29) is 6.54 Å². The second-order valence-electron chi connectivity index (χ2n) is 4.09. The minimum Gasteiger partial charge on any atom is -0.295 e. The van der Waals surface area contributed by atoms with Crippen LogP contribution in [0.2, 0.25) is 0 Å². The van der Waals surface area contributed by atoms with E-state index < -0.39 is 6.05 Å². The molecule has 0 spiro atoms. The Labute approximate surface area is 78.3 Å². The number of hydrogen-bond donors (Lipinski definition) is 1. The molecule has 1 N–H and O–H groups in total. The number of piperazine rings is 1. The molecule has 1 fully saturated rings. The van der Waals surface area contributed by atoms with Gasteiger partial charge in [0.1, 0.15) is 0 Å². The number of hydrogen-bond acceptors (Lipinski definition) is 2. The van der Waals surface area contributed by atoms with Crippen LogP contribution in [0.5, 0.6) is 0 Å². The van der Waals surface area contributed by atoms with Crippen LogP contribution in [0.25, 0.3) is 0 Å². The predicted octanol–water partition coefficient (Wildman–Crippen LogP) is 1.53. The predicted molar refractivity (Wildman–Crippen MR) is 48.8 cm³/mol. The Morgan fingerprint density at radius 3 is 2.69 bits per heavy atom. The summed E-state index contributed by atoms with van der Waals surface area (Å²) >= 11 is 0. The first-order valence-corrected chi connectivity index (χ1v) is 4.85. The SMILES string of the molecule is CC(C)CCN1CCNC(F)(F)C1. The highest BCUT2D eigenvalue weighted by Crippen LogP contribution is 2.15. The van der Waals surface area contributed by atoms with Gasteiger partial charge >= 0.3 is 6.05 Å². The second kappa shape index (κ2) is 4.33. The van der Waals surface area contributed by atoms with Crippen LogP contribution in [0, 0.1) is 5.92 Å². The summed E-state index contributed by atoms with van der Waals surface area (Å²) < 4.78 is 25.7. The zero-order valence-electron chi connectivity index (χ0n) is 8.32. The number of nitrogens with zero attached hydrogens (tertiary/aromatic N) is 1. The fourth-order valence-corrected chi connectivity index (χ4v) is 1.44. The average molecular weight is 192 g/mol. The van der Waals surface area contributed by atoms with Crippen molar-refractivity contribution >= 4 is 0 Å². The maximum atomic E-state index is 12.8. The topological polar surface area (TPSA) is 15.3 Å². The molecule has 0 atom stereocenters. The summed E-state index contributed by atoms with van der Waals surface area (Å²) in [5.41, 5.74) is 0. The molecule has 0 bridgehead atoms. The number of alkyl halides is 2. The largest absolute Gasteiger partial charge is 0.315 e. The van der Waals surface area contributed by atoms with Crippen LogP contribution in [-0.4, -0.2) is 37.1 Å². The van der Waals surface area contributed by atoms with Crippen LogP contribution in [0.1, 0.15) is 20.3 Å². The van der Waals surface area contributed by atoms with Gasteiger partial charge in [0.05, 0.1) is 6.54 Å². The van der Waals surface area contributed by atoms with Gasteiger partial charge in [0.15, 0.2) is 0 Å². The van der Waals surface area contributed by atoms with Crippen molar-refractivity contribution < 1.29 is 8.78 Å². The molecular formula is C9H18F2N2. The number of rotatable bonds is 3. The van der Waals surface area contributed by atoms with Gasteiger partial charge in [0.25, 0.3) is 0 Å². The van der Waals surface area contributed by atoms with Crippen LogP contribution in [0.15, 0.2) is 0 Å². The van der Waals surface area contributed by atoms with E-state index >= 15 is 0 Å². The summed E-state index contributed by atoms with van der Waals surface area (Å²) in [5, 5.41) is 2.20. The third-order valence-electron chi connectivity index (χ3n) is 2.26. The minimum absolute atomic E-state index is 0.139. The zero-order valence-corrected chi connectivity index (χ0v) is 8.32. The van der Waals surface area contributed by atoms with E-state index in [9.17, 15) is 8.78 Å². The molecule has 0 unspecified atom stereocenters. The normalized spacial score (nSPS) is 23.8. The van der Waals surface area contributed by atoms with Gasteiger partial charge in [-0.05, 0) is 18.9 Å². The molecule has 78 valence electrons. The van der Waals surface area contributed by atoms with Crippen molar-refractivity contribution in [3.05, 3.63) is 0 Å². The molecule has 0 radical (unpaired) electrons.